The maximum Gasteiger partial charge on any atom is 0.261 e. The van der Waals surface area contributed by atoms with Gasteiger partial charge in [0.2, 0.25) is 5.91 Å². The number of hydrogen-bond donors (Lipinski definition) is 0. The molecule has 0 N–H and O–H groups in total. The summed E-state index contributed by atoms with van der Waals surface area (Å²) >= 11 is 0. The predicted molar refractivity (Wildman–Crippen MR) is 116 cm³/mol. The highest BCUT2D eigenvalue weighted by Gasteiger charge is 2.33. The third-order valence-electron chi connectivity index (χ3n) is 6.45. The van der Waals surface area contributed by atoms with Gasteiger partial charge in [0.25, 0.3) is 5.91 Å². The van der Waals surface area contributed by atoms with Crippen LogP contribution in [-0.2, 0) is 25.7 Å². The number of fused-ring (bicyclic) bond motifs is 1. The molecule has 0 radical (unpaired) electrons. The Labute approximate surface area is 181 Å². The molecule has 1 fully saturated rings. The van der Waals surface area contributed by atoms with Gasteiger partial charge >= 0.3 is 0 Å². The summed E-state index contributed by atoms with van der Waals surface area (Å²) in [6.45, 7) is 2.81. The van der Waals surface area contributed by atoms with E-state index >= 15 is 0 Å². The Morgan fingerprint density at radius 1 is 1.26 bits per heavy atom. The number of imidazole rings is 1. The molecule has 1 aromatic carbocycles. The average molecular weight is 447 g/mol. The third kappa shape index (κ3) is 4.42. The van der Waals surface area contributed by atoms with E-state index in [1.165, 1.54) is 12.1 Å². The van der Waals surface area contributed by atoms with Gasteiger partial charge in [-0.2, -0.15) is 4.36 Å². The van der Waals surface area contributed by atoms with Crippen LogP contribution in [0.3, 0.4) is 0 Å². The Morgan fingerprint density at radius 3 is 2.68 bits per heavy atom. The third-order valence-corrected chi connectivity index (χ3v) is 8.70. The van der Waals surface area contributed by atoms with Crippen LogP contribution < -0.4 is 0 Å². The fraction of sp³-hybridized carbons (Fsp3) is 0.500. The number of likely N-dealkylation sites (tertiary alicyclic amines) is 1. The van der Waals surface area contributed by atoms with Crippen LogP contribution in [0.15, 0.2) is 41.3 Å². The second-order valence-corrected chi connectivity index (χ2v) is 11.0. The molecule has 7 nitrogen and oxygen atoms in total. The van der Waals surface area contributed by atoms with Crippen molar-refractivity contribution in [2.24, 2.45) is 4.36 Å². The molecule has 2 amide bonds. The van der Waals surface area contributed by atoms with Crippen molar-refractivity contribution in [3.8, 4) is 0 Å². The predicted octanol–water partition coefficient (Wildman–Crippen LogP) is 2.93. The largest absolute Gasteiger partial charge is 0.341 e. The summed E-state index contributed by atoms with van der Waals surface area (Å²) in [5.74, 6) is -1.15. The van der Waals surface area contributed by atoms with Gasteiger partial charge in [-0.1, -0.05) is 6.07 Å². The number of carbonyl (C=O) groups is 2. The smallest absolute Gasteiger partial charge is 0.261 e. The summed E-state index contributed by atoms with van der Waals surface area (Å²) < 4.78 is 32.7. The molecule has 0 saturated carbocycles. The highest BCUT2D eigenvalue weighted by atomic mass is 32.2. The van der Waals surface area contributed by atoms with Crippen molar-refractivity contribution in [3.05, 3.63) is 53.9 Å². The van der Waals surface area contributed by atoms with Crippen LogP contribution in [-0.4, -0.2) is 55.1 Å². The summed E-state index contributed by atoms with van der Waals surface area (Å²) in [6, 6.07) is 4.11. The standard InChI is InChI=1S/C22H27FN4O3S/c1-15(27-12-9-24-14-27)22(29)26-10-7-18(8-11-26)31(2,30)25-21(28)20-5-3-16-13-17(23)4-6-19(16)20/h4,6,9,12-15,18,20H,3,5,7-8,10-11H2,1-2H3. The molecule has 0 bridgehead atoms. The molecule has 3 atom stereocenters. The zero-order valence-corrected chi connectivity index (χ0v) is 18.6. The molecule has 4 rings (SSSR count). The van der Waals surface area contributed by atoms with Gasteiger partial charge in [0, 0.05) is 37.0 Å². The minimum absolute atomic E-state index is 0.00172. The van der Waals surface area contributed by atoms with Gasteiger partial charge in [-0.05, 0) is 55.9 Å². The molecule has 31 heavy (non-hydrogen) atoms. The molecule has 3 unspecified atom stereocenters. The number of benzene rings is 1. The van der Waals surface area contributed by atoms with Crippen molar-refractivity contribution in [2.45, 2.75) is 49.8 Å². The lowest BCUT2D eigenvalue weighted by molar-refractivity contribution is -0.135. The van der Waals surface area contributed by atoms with E-state index in [9.17, 15) is 18.2 Å². The van der Waals surface area contributed by atoms with Crippen molar-refractivity contribution in [1.82, 2.24) is 14.5 Å². The second-order valence-electron chi connectivity index (χ2n) is 8.44. The zero-order chi connectivity index (χ0) is 22.2. The first-order chi connectivity index (χ1) is 14.8. The number of amides is 2. The SMILES string of the molecule is CC(C(=O)N1CCC(S(C)(=O)=NC(=O)C2CCc3cc(F)ccc32)CC1)n1ccnc1. The number of piperidine rings is 1. The molecular weight excluding hydrogens is 419 g/mol. The first-order valence-corrected chi connectivity index (χ1v) is 12.5. The molecule has 2 aromatic rings. The first kappa shape index (κ1) is 21.7. The number of carbonyl (C=O) groups excluding carboxylic acids is 2. The average Bonchev–Trinajstić information content (AvgIpc) is 3.42. The van der Waals surface area contributed by atoms with Gasteiger partial charge in [-0.15, -0.1) is 0 Å². The lowest BCUT2D eigenvalue weighted by Gasteiger charge is -2.34. The minimum Gasteiger partial charge on any atom is -0.341 e. The van der Waals surface area contributed by atoms with Crippen molar-refractivity contribution < 1.29 is 18.2 Å². The van der Waals surface area contributed by atoms with Crippen molar-refractivity contribution in [3.63, 3.8) is 0 Å². The number of rotatable bonds is 4. The van der Waals surface area contributed by atoms with Crippen LogP contribution in [0.4, 0.5) is 4.39 Å². The van der Waals surface area contributed by atoms with Gasteiger partial charge < -0.3 is 9.47 Å². The maximum absolute atomic E-state index is 13.4. The monoisotopic (exact) mass is 446 g/mol. The summed E-state index contributed by atoms with van der Waals surface area (Å²) in [7, 11) is -2.75. The first-order valence-electron chi connectivity index (χ1n) is 10.6. The minimum atomic E-state index is -2.75. The fourth-order valence-corrected chi connectivity index (χ4v) is 6.28. The van der Waals surface area contributed by atoms with E-state index in [-0.39, 0.29) is 28.9 Å². The van der Waals surface area contributed by atoms with Crippen LogP contribution in [0.1, 0.15) is 49.3 Å². The Hall–Kier alpha value is -2.55. The molecule has 1 aliphatic carbocycles. The van der Waals surface area contributed by atoms with Crippen LogP contribution in [0, 0.1) is 5.82 Å². The van der Waals surface area contributed by atoms with Crippen LogP contribution in [0.2, 0.25) is 0 Å². The van der Waals surface area contributed by atoms with Crippen molar-refractivity contribution >= 4 is 21.5 Å². The van der Waals surface area contributed by atoms with E-state index in [4.69, 9.17) is 0 Å². The van der Waals surface area contributed by atoms with Crippen LogP contribution in [0.5, 0.6) is 0 Å². The number of aryl methyl sites for hydroxylation is 1. The highest BCUT2D eigenvalue weighted by Crippen LogP contribution is 2.35. The van der Waals surface area contributed by atoms with E-state index in [1.54, 1.807) is 40.5 Å². The fourth-order valence-electron chi connectivity index (χ4n) is 4.56. The second kappa shape index (κ2) is 8.53. The topological polar surface area (TPSA) is 84.6 Å². The molecule has 9 heteroatoms. The van der Waals surface area contributed by atoms with Crippen molar-refractivity contribution in [2.75, 3.05) is 19.3 Å². The molecular formula is C22H27FN4O3S. The molecule has 166 valence electrons. The lowest BCUT2D eigenvalue weighted by Crippen LogP contribution is -2.44. The number of halogens is 1. The molecule has 0 spiro atoms. The lowest BCUT2D eigenvalue weighted by atomic mass is 10.0. The van der Waals surface area contributed by atoms with Gasteiger partial charge in [0.1, 0.15) is 11.9 Å². The summed E-state index contributed by atoms with van der Waals surface area (Å²) in [5.41, 5.74) is 1.62. The Bertz CT molecular complexity index is 1100. The highest BCUT2D eigenvalue weighted by molar-refractivity contribution is 7.93. The van der Waals surface area contributed by atoms with Crippen molar-refractivity contribution in [1.29, 1.82) is 0 Å². The van der Waals surface area contributed by atoms with Gasteiger partial charge in [-0.3, -0.25) is 9.59 Å². The Kier molecular flexibility index (Phi) is 5.96. The van der Waals surface area contributed by atoms with Gasteiger partial charge in [0.15, 0.2) is 0 Å². The Balaban J connectivity index is 1.41. The van der Waals surface area contributed by atoms with E-state index < -0.39 is 15.6 Å². The van der Waals surface area contributed by atoms with E-state index in [0.29, 0.717) is 38.8 Å². The van der Waals surface area contributed by atoms with E-state index in [2.05, 4.69) is 9.35 Å². The molecule has 1 aliphatic heterocycles. The normalized spacial score (nSPS) is 21.9. The molecule has 2 aliphatic rings. The summed E-state index contributed by atoms with van der Waals surface area (Å²) in [6.07, 6.45) is 8.83. The molecule has 2 heterocycles. The summed E-state index contributed by atoms with van der Waals surface area (Å²) in [4.78, 5) is 31.3. The van der Waals surface area contributed by atoms with E-state index in [1.807, 2.05) is 6.92 Å². The maximum atomic E-state index is 13.4. The molecule has 1 saturated heterocycles. The number of hydrogen-bond acceptors (Lipinski definition) is 4. The van der Waals surface area contributed by atoms with E-state index in [0.717, 1.165) is 11.1 Å². The van der Waals surface area contributed by atoms with Crippen LogP contribution in [0.25, 0.3) is 0 Å². The quantitative estimate of drug-likeness (QED) is 0.723. The number of nitrogens with zero attached hydrogens (tertiary/aromatic N) is 4. The van der Waals surface area contributed by atoms with Gasteiger partial charge in [0.05, 0.1) is 22.0 Å². The van der Waals surface area contributed by atoms with Crippen LogP contribution >= 0.6 is 0 Å². The molecule has 1 aromatic heterocycles. The zero-order valence-electron chi connectivity index (χ0n) is 17.7. The Morgan fingerprint density at radius 2 is 2.00 bits per heavy atom. The summed E-state index contributed by atoms with van der Waals surface area (Å²) in [5, 5.41) is -0.238. The van der Waals surface area contributed by atoms with Gasteiger partial charge in [-0.25, -0.2) is 13.6 Å². The number of aromatic nitrogens is 2.